The number of nitrogens with zero attached hydrogens (tertiary/aromatic N) is 4. The van der Waals surface area contributed by atoms with E-state index in [-0.39, 0.29) is 0 Å². The molecule has 11 aromatic rings. The van der Waals surface area contributed by atoms with E-state index >= 15 is 0 Å². The first kappa shape index (κ1) is 29.5. The molecule has 4 heterocycles. The quantitative estimate of drug-likeness (QED) is 0.182. The molecule has 248 valence electrons. The second kappa shape index (κ2) is 11.7. The molecule has 5 heteroatoms. The molecule has 0 spiro atoms. The van der Waals surface area contributed by atoms with Crippen LogP contribution in [0.4, 0.5) is 0 Å². The summed E-state index contributed by atoms with van der Waals surface area (Å²) in [5, 5.41) is 4.76. The van der Waals surface area contributed by atoms with Crippen LogP contribution in [-0.2, 0) is 0 Å². The van der Waals surface area contributed by atoms with Crippen LogP contribution in [-0.4, -0.2) is 19.1 Å². The van der Waals surface area contributed by atoms with Crippen LogP contribution in [0.15, 0.2) is 187 Å². The van der Waals surface area contributed by atoms with Gasteiger partial charge >= 0.3 is 0 Å². The number of hydrogen-bond acceptors (Lipinski definition) is 3. The van der Waals surface area contributed by atoms with Gasteiger partial charge in [-0.05, 0) is 70.8 Å². The minimum absolute atomic E-state index is 0.603. The van der Waals surface area contributed by atoms with Crippen molar-refractivity contribution in [3.05, 3.63) is 182 Å². The first-order valence-electron chi connectivity index (χ1n) is 17.8. The normalized spacial score (nSPS) is 11.8. The summed E-state index contributed by atoms with van der Waals surface area (Å²) in [6, 6.07) is 62.1. The van der Waals surface area contributed by atoms with Gasteiger partial charge in [0.15, 0.2) is 5.58 Å². The molecule has 0 unspecified atom stereocenters. The lowest BCUT2D eigenvalue weighted by Gasteiger charge is -2.12. The van der Waals surface area contributed by atoms with Gasteiger partial charge in [0.05, 0.1) is 28.3 Å². The number of fused-ring (bicyclic) bond motifs is 7. The van der Waals surface area contributed by atoms with E-state index in [0.717, 1.165) is 61.0 Å². The second-order valence-electron chi connectivity index (χ2n) is 13.4. The van der Waals surface area contributed by atoms with E-state index in [2.05, 4.69) is 173 Å². The molecule has 11 rings (SSSR count). The van der Waals surface area contributed by atoms with Crippen LogP contribution in [0, 0.1) is 0 Å². The third-order valence-electron chi connectivity index (χ3n) is 10.5. The van der Waals surface area contributed by atoms with Gasteiger partial charge in [-0.15, -0.1) is 0 Å². The van der Waals surface area contributed by atoms with Gasteiger partial charge in [0, 0.05) is 38.9 Å². The maximum Gasteiger partial charge on any atom is 0.236 e. The van der Waals surface area contributed by atoms with E-state index in [4.69, 9.17) is 14.4 Å². The number of hydrogen-bond donors (Lipinski definition) is 0. The van der Waals surface area contributed by atoms with Gasteiger partial charge in [0.25, 0.3) is 0 Å². The predicted octanol–water partition coefficient (Wildman–Crippen LogP) is 12.4. The lowest BCUT2D eigenvalue weighted by molar-refractivity contribution is 0.614. The Hall–Kier alpha value is -7.24. The third kappa shape index (κ3) is 4.57. The molecule has 0 atom stereocenters. The SMILES string of the molecule is c1ccc(-c2ccccc2-c2nc(-n3c4ccccc4c4cc(-c5ccc6c(c5)c5ccccc5n6-c5ccccc5)ccc43)nc3ccoc23)cc1. The Morgan fingerprint density at radius 1 is 0.396 bits per heavy atom. The molecular formula is C48H30N4O. The number of aromatic nitrogens is 4. The van der Waals surface area contributed by atoms with Crippen LogP contribution in [0.25, 0.3) is 99.9 Å². The Morgan fingerprint density at radius 3 is 1.64 bits per heavy atom. The van der Waals surface area contributed by atoms with E-state index in [1.165, 1.54) is 27.4 Å². The van der Waals surface area contributed by atoms with E-state index < -0.39 is 0 Å². The van der Waals surface area contributed by atoms with E-state index in [0.29, 0.717) is 11.5 Å². The minimum Gasteiger partial charge on any atom is -0.460 e. The topological polar surface area (TPSA) is 48.8 Å². The molecule has 0 aliphatic carbocycles. The summed E-state index contributed by atoms with van der Waals surface area (Å²) in [6.45, 7) is 0. The molecule has 0 saturated carbocycles. The molecule has 0 amide bonds. The van der Waals surface area contributed by atoms with E-state index in [1.807, 2.05) is 12.1 Å². The van der Waals surface area contributed by atoms with Crippen LogP contribution in [0.5, 0.6) is 0 Å². The number of benzene rings is 7. The zero-order valence-corrected chi connectivity index (χ0v) is 28.5. The highest BCUT2D eigenvalue weighted by Crippen LogP contribution is 2.40. The summed E-state index contributed by atoms with van der Waals surface area (Å²) in [6.07, 6.45) is 1.70. The third-order valence-corrected chi connectivity index (χ3v) is 10.5. The number of rotatable bonds is 5. The lowest BCUT2D eigenvalue weighted by Crippen LogP contribution is -2.03. The summed E-state index contributed by atoms with van der Waals surface area (Å²) in [4.78, 5) is 10.4. The summed E-state index contributed by atoms with van der Waals surface area (Å²) >= 11 is 0. The highest BCUT2D eigenvalue weighted by molar-refractivity contribution is 6.12. The standard InChI is InChI=1S/C48H30N4O/c1-3-13-31(14-4-1)35-17-7-8-20-38(35)46-47-41(27-28-53-47)49-48(50-46)52-43-22-12-10-19-37(43)40-30-33(24-26-45(40)52)32-23-25-44-39(29-32)36-18-9-11-21-42(36)51(44)34-15-5-2-6-16-34/h1-30H. The smallest absolute Gasteiger partial charge is 0.236 e. The number of para-hydroxylation sites is 3. The van der Waals surface area contributed by atoms with Crippen molar-refractivity contribution in [1.82, 2.24) is 19.1 Å². The fourth-order valence-corrected chi connectivity index (χ4v) is 8.07. The van der Waals surface area contributed by atoms with E-state index in [9.17, 15) is 0 Å². The van der Waals surface area contributed by atoms with Crippen LogP contribution in [0.1, 0.15) is 0 Å². The van der Waals surface area contributed by atoms with Crippen molar-refractivity contribution >= 4 is 54.7 Å². The first-order chi connectivity index (χ1) is 26.3. The van der Waals surface area contributed by atoms with Crippen molar-refractivity contribution in [1.29, 1.82) is 0 Å². The molecule has 0 aliphatic heterocycles. The average Bonchev–Trinajstić information content (AvgIpc) is 3.93. The van der Waals surface area contributed by atoms with Gasteiger partial charge in [0.2, 0.25) is 5.95 Å². The van der Waals surface area contributed by atoms with Crippen molar-refractivity contribution in [2.75, 3.05) is 0 Å². The molecule has 4 aromatic heterocycles. The molecule has 0 fully saturated rings. The van der Waals surface area contributed by atoms with Crippen molar-refractivity contribution in [3.63, 3.8) is 0 Å². The maximum absolute atomic E-state index is 6.05. The summed E-state index contributed by atoms with van der Waals surface area (Å²) in [7, 11) is 0. The van der Waals surface area contributed by atoms with Crippen molar-refractivity contribution in [2.45, 2.75) is 0 Å². The molecule has 0 N–H and O–H groups in total. The van der Waals surface area contributed by atoms with Crippen molar-refractivity contribution in [3.8, 4) is 45.1 Å². The zero-order chi connectivity index (χ0) is 34.9. The predicted molar refractivity (Wildman–Crippen MR) is 217 cm³/mol. The van der Waals surface area contributed by atoms with E-state index in [1.54, 1.807) is 6.26 Å². The Morgan fingerprint density at radius 2 is 0.943 bits per heavy atom. The summed E-state index contributed by atoms with van der Waals surface area (Å²) < 4.78 is 10.6. The Kier molecular flexibility index (Phi) is 6.48. The second-order valence-corrected chi connectivity index (χ2v) is 13.4. The van der Waals surface area contributed by atoms with Crippen LogP contribution in [0.2, 0.25) is 0 Å². The monoisotopic (exact) mass is 678 g/mol. The van der Waals surface area contributed by atoms with Gasteiger partial charge in [-0.3, -0.25) is 4.57 Å². The van der Waals surface area contributed by atoms with Crippen LogP contribution >= 0.6 is 0 Å². The highest BCUT2D eigenvalue weighted by atomic mass is 16.3. The fraction of sp³-hybridized carbons (Fsp3) is 0. The summed E-state index contributed by atoms with van der Waals surface area (Å²) in [5.41, 5.74) is 13.4. The molecular weight excluding hydrogens is 649 g/mol. The van der Waals surface area contributed by atoms with Crippen LogP contribution in [0.3, 0.4) is 0 Å². The van der Waals surface area contributed by atoms with Gasteiger partial charge in [0.1, 0.15) is 11.2 Å². The average molecular weight is 679 g/mol. The molecule has 0 radical (unpaired) electrons. The van der Waals surface area contributed by atoms with Gasteiger partial charge in [-0.2, -0.15) is 0 Å². The van der Waals surface area contributed by atoms with Gasteiger partial charge < -0.3 is 8.98 Å². The molecule has 0 saturated heterocycles. The minimum atomic E-state index is 0.603. The Bertz CT molecular complexity index is 3170. The fourth-order valence-electron chi connectivity index (χ4n) is 8.07. The molecule has 5 nitrogen and oxygen atoms in total. The lowest BCUT2D eigenvalue weighted by atomic mass is 9.97. The first-order valence-corrected chi connectivity index (χ1v) is 17.8. The molecule has 53 heavy (non-hydrogen) atoms. The van der Waals surface area contributed by atoms with Gasteiger partial charge in [-0.1, -0.05) is 121 Å². The van der Waals surface area contributed by atoms with Crippen LogP contribution < -0.4 is 0 Å². The number of furan rings is 1. The molecule has 0 bridgehead atoms. The Labute approximate surface area is 304 Å². The largest absolute Gasteiger partial charge is 0.460 e. The van der Waals surface area contributed by atoms with Gasteiger partial charge in [-0.25, -0.2) is 9.97 Å². The zero-order valence-electron chi connectivity index (χ0n) is 28.5. The Balaban J connectivity index is 1.10. The maximum atomic E-state index is 6.05. The molecule has 7 aromatic carbocycles. The molecule has 0 aliphatic rings. The van der Waals surface area contributed by atoms with Crippen molar-refractivity contribution < 1.29 is 4.42 Å². The summed E-state index contributed by atoms with van der Waals surface area (Å²) in [5.74, 6) is 0.603. The van der Waals surface area contributed by atoms with Crippen molar-refractivity contribution in [2.24, 2.45) is 0 Å². The highest BCUT2D eigenvalue weighted by Gasteiger charge is 2.21.